The van der Waals surface area contributed by atoms with E-state index in [4.69, 9.17) is 0 Å². The lowest BCUT2D eigenvalue weighted by atomic mass is 9.81. The first kappa shape index (κ1) is 15.7. The van der Waals surface area contributed by atoms with Crippen LogP contribution in [0.3, 0.4) is 0 Å². The van der Waals surface area contributed by atoms with E-state index in [0.29, 0.717) is 17.1 Å². The highest BCUT2D eigenvalue weighted by Gasteiger charge is 2.36. The Morgan fingerprint density at radius 3 is 2.16 bits per heavy atom. The molecule has 0 atom stereocenters. The molecule has 0 N–H and O–H groups in total. The molecule has 0 radical (unpaired) electrons. The highest BCUT2D eigenvalue weighted by Crippen LogP contribution is 2.32. The second-order valence-corrected chi connectivity index (χ2v) is 6.95. The maximum Gasteiger partial charge on any atom is 0.282 e. The molecule has 0 heterocycles. The van der Waals surface area contributed by atoms with Crippen LogP contribution in [-0.4, -0.2) is 16.6 Å². The average molecular weight is 265 g/mol. The van der Waals surface area contributed by atoms with Crippen molar-refractivity contribution in [2.75, 3.05) is 0 Å². The predicted molar refractivity (Wildman–Crippen MR) is 76.6 cm³/mol. The van der Waals surface area contributed by atoms with Gasteiger partial charge >= 0.3 is 0 Å². The molecule has 0 unspecified atom stereocenters. The van der Waals surface area contributed by atoms with Crippen molar-refractivity contribution in [3.63, 3.8) is 0 Å². The molecule has 1 rings (SSSR count). The van der Waals surface area contributed by atoms with E-state index in [9.17, 15) is 9.28 Å². The van der Waals surface area contributed by atoms with Crippen molar-refractivity contribution >= 4 is 5.91 Å². The van der Waals surface area contributed by atoms with Crippen molar-refractivity contribution in [1.29, 1.82) is 0 Å². The van der Waals surface area contributed by atoms with Crippen LogP contribution in [0.1, 0.15) is 57.0 Å². The minimum Gasteiger partial charge on any atom is -0.266 e. The molecule has 1 aromatic rings. The Balaban J connectivity index is 2.97. The Labute approximate surface area is 115 Å². The lowest BCUT2D eigenvalue weighted by Gasteiger charge is -2.36. The molecule has 0 saturated carbocycles. The minimum atomic E-state index is -0.822. The van der Waals surface area contributed by atoms with E-state index < -0.39 is 11.4 Å². The quantitative estimate of drug-likeness (QED) is 0.735. The highest BCUT2D eigenvalue weighted by molar-refractivity contribution is 5.95. The van der Waals surface area contributed by atoms with Gasteiger partial charge in [-0.15, -0.1) is 0 Å². The average Bonchev–Trinajstić information content (AvgIpc) is 2.24. The Morgan fingerprint density at radius 2 is 1.68 bits per heavy atom. The number of rotatable bonds is 3. The summed E-state index contributed by atoms with van der Waals surface area (Å²) in [5, 5.41) is 0.376. The van der Waals surface area contributed by atoms with Gasteiger partial charge in [0.1, 0.15) is 0 Å². The number of benzene rings is 1. The first-order valence-corrected chi connectivity index (χ1v) is 6.60. The normalized spacial score (nSPS) is 12.4. The zero-order valence-electron chi connectivity index (χ0n) is 12.7. The molecule has 19 heavy (non-hydrogen) atoms. The molecular formula is C16H24FNO. The number of hydrogen-bond donors (Lipinski definition) is 0. The molecule has 1 aromatic carbocycles. The third-order valence-corrected chi connectivity index (χ3v) is 3.05. The molecule has 0 spiro atoms. The number of hydrogen-bond acceptors (Lipinski definition) is 1. The van der Waals surface area contributed by atoms with E-state index in [1.807, 2.05) is 39.8 Å². The molecule has 0 aliphatic carbocycles. The first-order chi connectivity index (χ1) is 8.54. The zero-order chi connectivity index (χ0) is 14.8. The fraction of sp³-hybridized carbons (Fsp3) is 0.562. The number of nitrogens with zero attached hydrogens (tertiary/aromatic N) is 1. The summed E-state index contributed by atoms with van der Waals surface area (Å²) in [6, 6.07) is 7.08. The van der Waals surface area contributed by atoms with Crippen LogP contribution < -0.4 is 0 Å². The molecule has 0 fully saturated rings. The van der Waals surface area contributed by atoms with Crippen LogP contribution in [-0.2, 0) is 0 Å². The van der Waals surface area contributed by atoms with Crippen LogP contribution in [0.4, 0.5) is 4.48 Å². The Morgan fingerprint density at radius 1 is 1.16 bits per heavy atom. The van der Waals surface area contributed by atoms with Crippen LogP contribution in [0.25, 0.3) is 0 Å². The van der Waals surface area contributed by atoms with Crippen molar-refractivity contribution < 1.29 is 9.28 Å². The predicted octanol–water partition coefficient (Wildman–Crippen LogP) is 4.54. The van der Waals surface area contributed by atoms with Gasteiger partial charge in [0.25, 0.3) is 5.91 Å². The number of halogens is 1. The van der Waals surface area contributed by atoms with Gasteiger partial charge in [-0.05, 0) is 44.2 Å². The third-order valence-electron chi connectivity index (χ3n) is 3.05. The molecule has 2 nitrogen and oxygen atoms in total. The van der Waals surface area contributed by atoms with Gasteiger partial charge in [0.05, 0.1) is 5.54 Å². The van der Waals surface area contributed by atoms with Crippen LogP contribution in [0.15, 0.2) is 24.3 Å². The topological polar surface area (TPSA) is 20.3 Å². The van der Waals surface area contributed by atoms with E-state index >= 15 is 0 Å². The minimum absolute atomic E-state index is 0.0418. The lowest BCUT2D eigenvalue weighted by molar-refractivity contribution is -0.0532. The van der Waals surface area contributed by atoms with Gasteiger partial charge in [-0.2, -0.15) is 5.12 Å². The van der Waals surface area contributed by atoms with Crippen LogP contribution in [0, 0.1) is 12.3 Å². The molecule has 0 saturated heterocycles. The van der Waals surface area contributed by atoms with Gasteiger partial charge in [-0.1, -0.05) is 43.5 Å². The van der Waals surface area contributed by atoms with Crippen LogP contribution >= 0.6 is 0 Å². The summed E-state index contributed by atoms with van der Waals surface area (Å²) in [5.74, 6) is -0.563. The second-order valence-electron chi connectivity index (χ2n) is 6.95. The SMILES string of the molecule is Cc1ccccc1C(=O)N(F)C(C)(C)CC(C)(C)C. The maximum absolute atomic E-state index is 14.5. The third kappa shape index (κ3) is 4.05. The van der Waals surface area contributed by atoms with Gasteiger partial charge in [0.2, 0.25) is 0 Å². The molecule has 106 valence electrons. The standard InChI is InChI=1S/C16H24FNO/c1-12-9-7-8-10-13(12)14(19)18(17)16(5,6)11-15(2,3)4/h7-10H,11H2,1-6H3. The van der Waals surface area contributed by atoms with Gasteiger partial charge < -0.3 is 0 Å². The van der Waals surface area contributed by atoms with E-state index in [1.54, 1.807) is 26.0 Å². The Kier molecular flexibility index (Phi) is 4.39. The Bertz CT molecular complexity index is 460. The van der Waals surface area contributed by atoms with E-state index in [1.165, 1.54) is 0 Å². The molecular weight excluding hydrogens is 241 g/mol. The fourth-order valence-corrected chi connectivity index (χ4v) is 2.56. The van der Waals surface area contributed by atoms with Gasteiger partial charge in [0, 0.05) is 5.56 Å². The summed E-state index contributed by atoms with van der Waals surface area (Å²) in [4.78, 5) is 12.2. The largest absolute Gasteiger partial charge is 0.282 e. The van der Waals surface area contributed by atoms with Gasteiger partial charge in [0.15, 0.2) is 0 Å². The van der Waals surface area contributed by atoms with Crippen LogP contribution in [0.2, 0.25) is 0 Å². The number of carbonyl (C=O) groups is 1. The molecule has 0 bridgehead atoms. The van der Waals surface area contributed by atoms with E-state index in [-0.39, 0.29) is 5.41 Å². The summed E-state index contributed by atoms with van der Waals surface area (Å²) in [7, 11) is 0. The second kappa shape index (κ2) is 5.32. The summed E-state index contributed by atoms with van der Waals surface area (Å²) in [6.45, 7) is 11.5. The van der Waals surface area contributed by atoms with Crippen molar-refractivity contribution in [3.05, 3.63) is 35.4 Å². The molecule has 0 aromatic heterocycles. The van der Waals surface area contributed by atoms with E-state index in [0.717, 1.165) is 5.56 Å². The number of carbonyl (C=O) groups excluding carboxylic acids is 1. The molecule has 3 heteroatoms. The highest BCUT2D eigenvalue weighted by atomic mass is 19.2. The van der Waals surface area contributed by atoms with Gasteiger partial charge in [-0.25, -0.2) is 0 Å². The fourth-order valence-electron chi connectivity index (χ4n) is 2.56. The number of amides is 1. The maximum atomic E-state index is 14.5. The summed E-state index contributed by atoms with van der Waals surface area (Å²) >= 11 is 0. The summed E-state index contributed by atoms with van der Waals surface area (Å²) in [6.07, 6.45) is 0.591. The zero-order valence-corrected chi connectivity index (χ0v) is 12.7. The molecule has 0 aliphatic heterocycles. The van der Waals surface area contributed by atoms with Crippen LogP contribution in [0.5, 0.6) is 0 Å². The molecule has 1 amide bonds. The monoisotopic (exact) mass is 265 g/mol. The van der Waals surface area contributed by atoms with Crippen molar-refractivity contribution in [2.24, 2.45) is 5.41 Å². The van der Waals surface area contributed by atoms with Crippen molar-refractivity contribution in [1.82, 2.24) is 5.12 Å². The van der Waals surface area contributed by atoms with E-state index in [2.05, 4.69) is 0 Å². The smallest absolute Gasteiger partial charge is 0.266 e. The van der Waals surface area contributed by atoms with Crippen molar-refractivity contribution in [3.8, 4) is 0 Å². The number of aryl methyl sites for hydroxylation is 1. The molecule has 0 aliphatic rings. The first-order valence-electron chi connectivity index (χ1n) is 6.60. The Hall–Kier alpha value is -1.38. The lowest BCUT2D eigenvalue weighted by Crippen LogP contribution is -2.44. The summed E-state index contributed by atoms with van der Waals surface area (Å²) < 4.78 is 14.5. The van der Waals surface area contributed by atoms with Gasteiger partial charge in [-0.3, -0.25) is 4.79 Å². The van der Waals surface area contributed by atoms with Crippen molar-refractivity contribution in [2.45, 2.75) is 53.5 Å². The summed E-state index contributed by atoms with van der Waals surface area (Å²) in [5.41, 5.74) is 0.353.